The summed E-state index contributed by atoms with van der Waals surface area (Å²) in [4.78, 5) is 30.3. The molecule has 4 rings (SSSR count). The average molecular weight is 559 g/mol. The second-order valence-corrected chi connectivity index (χ2v) is 9.88. The van der Waals surface area contributed by atoms with Crippen LogP contribution >= 0.6 is 15.9 Å². The second-order valence-electron chi connectivity index (χ2n) is 9.03. The van der Waals surface area contributed by atoms with Gasteiger partial charge in [0.1, 0.15) is 17.6 Å². The number of likely N-dealkylation sites (tertiary alicyclic amines) is 1. The van der Waals surface area contributed by atoms with Gasteiger partial charge in [-0.05, 0) is 77.4 Å². The molecule has 1 saturated heterocycles. The number of Topliss-reactive ketones (excluding diaryl/α,β-unsaturated/α-hetero) is 1. The molecule has 192 valence electrons. The van der Waals surface area contributed by atoms with Crippen LogP contribution in [0.25, 0.3) is 5.76 Å². The Hall–Kier alpha value is -3.04. The normalized spacial score (nSPS) is 20.7. The number of fused-ring (bicyclic) bond motifs is 1. The predicted octanol–water partition coefficient (Wildman–Crippen LogP) is 4.25. The van der Waals surface area contributed by atoms with Gasteiger partial charge >= 0.3 is 0 Å². The number of amides is 1. The fourth-order valence-electron chi connectivity index (χ4n) is 4.88. The maximum Gasteiger partial charge on any atom is 0.295 e. The van der Waals surface area contributed by atoms with Gasteiger partial charge in [-0.1, -0.05) is 13.8 Å². The highest BCUT2D eigenvalue weighted by Gasteiger charge is 2.46. The summed E-state index contributed by atoms with van der Waals surface area (Å²) in [6, 6.07) is 7.66. The van der Waals surface area contributed by atoms with E-state index in [-0.39, 0.29) is 28.9 Å². The highest BCUT2D eigenvalue weighted by Crippen LogP contribution is 2.44. The highest BCUT2D eigenvalue weighted by molar-refractivity contribution is 9.10. The maximum absolute atomic E-state index is 13.4. The topological polar surface area (TPSA) is 99.5 Å². The summed E-state index contributed by atoms with van der Waals surface area (Å²) in [7, 11) is 1.43. The Kier molecular flexibility index (Phi) is 7.61. The first-order valence-electron chi connectivity index (χ1n) is 12.1. The molecular weight excluding hydrogens is 528 g/mol. The molecule has 0 aliphatic carbocycles. The Bertz CT molecular complexity index is 1220. The monoisotopic (exact) mass is 558 g/mol. The predicted molar refractivity (Wildman–Crippen MR) is 139 cm³/mol. The number of nitrogens with zero attached hydrogens (tertiary/aromatic N) is 2. The standard InChI is InChI=1S/C27H31BrN2O6/c1-5-29(6-2)9-10-30-23(18-13-19(28)25(32)21(14-18)35-4)22(26(33)27(30)34)24(31)16-7-8-20-17(12-16)11-15(3)36-20/h7-8,12-15,23,31-32H,5-6,9-11H2,1-4H3/b24-22-. The number of phenolic OH excluding ortho intramolecular Hbond substituents is 1. The largest absolute Gasteiger partial charge is 0.507 e. The first-order valence-corrected chi connectivity index (χ1v) is 12.9. The molecule has 2 aliphatic heterocycles. The van der Waals surface area contributed by atoms with Gasteiger partial charge in [0.2, 0.25) is 0 Å². The fourth-order valence-corrected chi connectivity index (χ4v) is 5.34. The van der Waals surface area contributed by atoms with Crippen LogP contribution in [0.5, 0.6) is 17.2 Å². The van der Waals surface area contributed by atoms with Gasteiger partial charge in [0.15, 0.2) is 11.5 Å². The zero-order valence-corrected chi connectivity index (χ0v) is 22.5. The van der Waals surface area contributed by atoms with E-state index in [9.17, 15) is 19.8 Å². The molecule has 2 aliphatic rings. The maximum atomic E-state index is 13.4. The van der Waals surface area contributed by atoms with E-state index in [1.807, 2.05) is 26.8 Å². The van der Waals surface area contributed by atoms with Crippen LogP contribution in [0.4, 0.5) is 0 Å². The zero-order chi connectivity index (χ0) is 26.1. The third-order valence-corrected chi connectivity index (χ3v) is 7.45. The minimum absolute atomic E-state index is 0.00565. The Morgan fingerprint density at radius 1 is 1.22 bits per heavy atom. The lowest BCUT2D eigenvalue weighted by molar-refractivity contribution is -0.140. The van der Waals surface area contributed by atoms with Gasteiger partial charge in [0.05, 0.1) is 23.2 Å². The van der Waals surface area contributed by atoms with E-state index < -0.39 is 17.7 Å². The van der Waals surface area contributed by atoms with Gasteiger partial charge in [-0.3, -0.25) is 9.59 Å². The number of ketones is 1. The number of halogens is 1. The van der Waals surface area contributed by atoms with Crippen LogP contribution < -0.4 is 9.47 Å². The second kappa shape index (κ2) is 10.5. The van der Waals surface area contributed by atoms with Crippen LogP contribution in [0.2, 0.25) is 0 Å². The van der Waals surface area contributed by atoms with E-state index in [1.165, 1.54) is 12.0 Å². The van der Waals surface area contributed by atoms with E-state index >= 15 is 0 Å². The van der Waals surface area contributed by atoms with E-state index in [1.54, 1.807) is 24.3 Å². The van der Waals surface area contributed by atoms with Gasteiger partial charge in [-0.25, -0.2) is 0 Å². The van der Waals surface area contributed by atoms with Crippen molar-refractivity contribution in [2.75, 3.05) is 33.3 Å². The number of carbonyl (C=O) groups is 2. The highest BCUT2D eigenvalue weighted by atomic mass is 79.9. The lowest BCUT2D eigenvalue weighted by atomic mass is 9.94. The molecule has 2 unspecified atom stereocenters. The number of aromatic hydroxyl groups is 1. The zero-order valence-electron chi connectivity index (χ0n) is 20.9. The first-order chi connectivity index (χ1) is 17.2. The smallest absolute Gasteiger partial charge is 0.295 e. The molecule has 0 aromatic heterocycles. The number of carbonyl (C=O) groups excluding carboxylic acids is 2. The number of aliphatic hydroxyl groups excluding tert-OH is 1. The molecule has 1 fully saturated rings. The van der Waals surface area contributed by atoms with Gasteiger partial charge < -0.3 is 29.5 Å². The first kappa shape index (κ1) is 26.0. The van der Waals surface area contributed by atoms with Crippen LogP contribution in [0.3, 0.4) is 0 Å². The van der Waals surface area contributed by atoms with Crippen LogP contribution in [-0.2, 0) is 16.0 Å². The molecule has 0 saturated carbocycles. The summed E-state index contributed by atoms with van der Waals surface area (Å²) in [6.45, 7) is 8.52. The van der Waals surface area contributed by atoms with E-state index in [0.717, 1.165) is 24.4 Å². The van der Waals surface area contributed by atoms with Crippen molar-refractivity contribution in [3.63, 3.8) is 0 Å². The molecule has 2 heterocycles. The Balaban J connectivity index is 1.85. The SMILES string of the molecule is CCN(CC)CCN1C(=O)C(=O)/C(=C(\O)c2ccc3c(c2)CC(C)O3)C1c1cc(Br)c(O)c(OC)c1. The van der Waals surface area contributed by atoms with Crippen LogP contribution in [0, 0.1) is 0 Å². The van der Waals surface area contributed by atoms with Crippen molar-refractivity contribution in [2.45, 2.75) is 39.3 Å². The average Bonchev–Trinajstić information content (AvgIpc) is 3.36. The fraction of sp³-hybridized carbons (Fsp3) is 0.407. The molecule has 1 amide bonds. The molecule has 36 heavy (non-hydrogen) atoms. The Morgan fingerprint density at radius 3 is 2.61 bits per heavy atom. The number of methoxy groups -OCH3 is 1. The van der Waals surface area contributed by atoms with Crippen LogP contribution in [0.15, 0.2) is 40.4 Å². The third kappa shape index (κ3) is 4.69. The molecule has 2 atom stereocenters. The van der Waals surface area contributed by atoms with Crippen molar-refractivity contribution < 1.29 is 29.3 Å². The van der Waals surface area contributed by atoms with E-state index in [2.05, 4.69) is 20.8 Å². The summed E-state index contributed by atoms with van der Waals surface area (Å²) in [5.74, 6) is -0.802. The van der Waals surface area contributed by atoms with Gasteiger partial charge in [-0.15, -0.1) is 0 Å². The molecule has 0 radical (unpaired) electrons. The third-order valence-electron chi connectivity index (χ3n) is 6.85. The van der Waals surface area contributed by atoms with Gasteiger partial charge in [0, 0.05) is 25.1 Å². The summed E-state index contributed by atoms with van der Waals surface area (Å²) < 4.78 is 11.4. The summed E-state index contributed by atoms with van der Waals surface area (Å²) in [5.41, 5.74) is 1.93. The Morgan fingerprint density at radius 2 is 1.94 bits per heavy atom. The van der Waals surface area contributed by atoms with Crippen molar-refractivity contribution in [3.05, 3.63) is 57.1 Å². The number of benzene rings is 2. The van der Waals surface area contributed by atoms with Crippen molar-refractivity contribution >= 4 is 33.4 Å². The molecule has 2 aromatic rings. The van der Waals surface area contributed by atoms with Crippen LogP contribution in [-0.4, -0.2) is 71.1 Å². The Labute approximate surface area is 219 Å². The van der Waals surface area contributed by atoms with Gasteiger partial charge in [0.25, 0.3) is 11.7 Å². The number of phenols is 1. The number of aliphatic hydroxyl groups is 1. The quantitative estimate of drug-likeness (QED) is 0.284. The number of hydrogen-bond acceptors (Lipinski definition) is 7. The summed E-state index contributed by atoms with van der Waals surface area (Å²) in [5, 5.41) is 21.8. The lowest BCUT2D eigenvalue weighted by Gasteiger charge is -2.28. The molecule has 0 bridgehead atoms. The minimum atomic E-state index is -0.852. The molecule has 9 heteroatoms. The summed E-state index contributed by atoms with van der Waals surface area (Å²) in [6.07, 6.45) is 0.727. The molecule has 8 nitrogen and oxygen atoms in total. The minimum Gasteiger partial charge on any atom is -0.507 e. The number of ether oxygens (including phenoxy) is 2. The number of likely N-dealkylation sites (N-methyl/N-ethyl adjacent to an activating group) is 1. The molecular formula is C27H31BrN2O6. The van der Waals surface area contributed by atoms with Crippen molar-refractivity contribution in [2.24, 2.45) is 0 Å². The van der Waals surface area contributed by atoms with E-state index in [0.29, 0.717) is 35.1 Å². The van der Waals surface area contributed by atoms with Crippen LogP contribution in [0.1, 0.15) is 43.5 Å². The number of rotatable bonds is 8. The lowest BCUT2D eigenvalue weighted by Crippen LogP contribution is -2.38. The van der Waals surface area contributed by atoms with Crippen molar-refractivity contribution in [1.29, 1.82) is 0 Å². The van der Waals surface area contributed by atoms with E-state index in [4.69, 9.17) is 9.47 Å². The van der Waals surface area contributed by atoms with Crippen molar-refractivity contribution in [3.8, 4) is 17.2 Å². The van der Waals surface area contributed by atoms with Crippen molar-refractivity contribution in [1.82, 2.24) is 9.80 Å². The molecule has 2 N–H and O–H groups in total. The summed E-state index contributed by atoms with van der Waals surface area (Å²) >= 11 is 3.34. The molecule has 2 aromatic carbocycles. The molecule has 0 spiro atoms. The number of hydrogen-bond donors (Lipinski definition) is 2. The van der Waals surface area contributed by atoms with Gasteiger partial charge in [-0.2, -0.15) is 0 Å².